The van der Waals surface area contributed by atoms with E-state index in [1.165, 1.54) is 41.5 Å². The highest BCUT2D eigenvalue weighted by Crippen LogP contribution is 2.42. The molecule has 0 fully saturated rings. The summed E-state index contributed by atoms with van der Waals surface area (Å²) >= 11 is 0. The van der Waals surface area contributed by atoms with Gasteiger partial charge in [-0.05, 0) is 84.0 Å². The first-order valence-corrected chi connectivity index (χ1v) is 34.6. The molecule has 0 unspecified atom stereocenters. The first-order valence-electron chi connectivity index (χ1n) is 30.6. The molecular weight excluding hydrogens is 1110 g/mol. The van der Waals surface area contributed by atoms with Crippen molar-refractivity contribution in [3.63, 3.8) is 0 Å². The number of hydrogen-bond donors (Lipinski definition) is 0. The molecule has 89 heavy (non-hydrogen) atoms. The monoisotopic (exact) mass is 1170 g/mol. The maximum Gasteiger partial charge on any atom is 0.237 e. The first-order chi connectivity index (χ1) is 44.2. The Labute approximate surface area is 518 Å². The van der Waals surface area contributed by atoms with Crippen molar-refractivity contribution in [3.05, 3.63) is 346 Å². The van der Waals surface area contributed by atoms with Crippen molar-refractivity contribution in [1.29, 1.82) is 0 Å². The van der Waals surface area contributed by atoms with E-state index >= 15 is 0 Å². The van der Waals surface area contributed by atoms with Gasteiger partial charge in [-0.3, -0.25) is 9.13 Å². The van der Waals surface area contributed by atoms with E-state index in [1.54, 1.807) is 0 Å². The fourth-order valence-corrected chi connectivity index (χ4v) is 24.4. The lowest BCUT2D eigenvalue weighted by molar-refractivity contribution is 0.953. The lowest BCUT2D eigenvalue weighted by atomic mass is 10.1. The molecule has 0 saturated carbocycles. The van der Waals surface area contributed by atoms with Crippen LogP contribution in [0.2, 0.25) is 0 Å². The van der Waals surface area contributed by atoms with E-state index in [1.807, 2.05) is 0 Å². The summed E-state index contributed by atoms with van der Waals surface area (Å²) in [4.78, 5) is 11.9. The van der Waals surface area contributed by atoms with Gasteiger partial charge in [0, 0.05) is 49.6 Å². The van der Waals surface area contributed by atoms with Gasteiger partial charge in [0.2, 0.25) is 5.95 Å². The summed E-state index contributed by atoms with van der Waals surface area (Å²) < 4.78 is 7.15. The van der Waals surface area contributed by atoms with Gasteiger partial charge in [-0.2, -0.15) is 4.98 Å². The molecule has 0 atom stereocenters. The summed E-state index contributed by atoms with van der Waals surface area (Å²) in [7, 11) is -5.89. The van der Waals surface area contributed by atoms with Gasteiger partial charge in [0.25, 0.3) is 0 Å². The maximum absolute atomic E-state index is 5.95. The van der Waals surface area contributed by atoms with E-state index in [2.05, 4.69) is 359 Å². The lowest BCUT2D eigenvalue weighted by Gasteiger charge is -2.34. The zero-order valence-electron chi connectivity index (χ0n) is 48.6. The van der Waals surface area contributed by atoms with E-state index in [-0.39, 0.29) is 0 Å². The molecule has 0 aliphatic rings. The van der Waals surface area contributed by atoms with Gasteiger partial charge in [-0.15, -0.1) is 0 Å². The number of rotatable bonds is 12. The summed E-state index contributed by atoms with van der Waals surface area (Å²) in [5.41, 5.74) is 9.40. The SMILES string of the molecule is c1ccc(-n2c3ccccc3c3c2ccc2c4ccccc4n(-c4nc(-c5cccc([Si](c6ccccc6)(c6ccccc6)c6ccccc6)c5)cc(-n5c6ccccc6c6cc([Si](c7ccccc7)(c7ccccc7)c7ccccc7)ccc65)n4)c23)cc1. The molecule has 0 radical (unpaired) electrons. The van der Waals surface area contributed by atoms with Gasteiger partial charge in [0.15, 0.2) is 16.1 Å². The van der Waals surface area contributed by atoms with Crippen LogP contribution in [-0.4, -0.2) is 39.8 Å². The van der Waals surface area contributed by atoms with Gasteiger partial charge in [-0.25, -0.2) is 4.98 Å². The van der Waals surface area contributed by atoms with Crippen LogP contribution >= 0.6 is 0 Å². The number of benzene rings is 13. The Balaban J connectivity index is 0.978. The molecule has 0 bridgehead atoms. The second-order valence-electron chi connectivity index (χ2n) is 23.2. The van der Waals surface area contributed by atoms with E-state index < -0.39 is 16.1 Å². The summed E-state index contributed by atoms with van der Waals surface area (Å²) in [6, 6.07) is 128. The normalized spacial score (nSPS) is 12.0. The summed E-state index contributed by atoms with van der Waals surface area (Å²) in [5, 5.41) is 17.4. The number of fused-ring (bicyclic) bond motifs is 10. The van der Waals surface area contributed by atoms with E-state index in [9.17, 15) is 0 Å². The minimum atomic E-state index is -2.97. The highest BCUT2D eigenvalue weighted by molar-refractivity contribution is 7.20. The zero-order chi connectivity index (χ0) is 58.9. The Morgan fingerprint density at radius 2 is 0.629 bits per heavy atom. The quantitative estimate of drug-likeness (QED) is 0.0903. The molecule has 7 heteroatoms. The predicted octanol–water partition coefficient (Wildman–Crippen LogP) is 14.2. The van der Waals surface area contributed by atoms with E-state index in [0.29, 0.717) is 5.95 Å². The van der Waals surface area contributed by atoms with Crippen LogP contribution in [0.3, 0.4) is 0 Å². The fraction of sp³-hybridized carbons (Fsp3) is 0. The van der Waals surface area contributed by atoms with Crippen LogP contribution in [0.25, 0.3) is 94.1 Å². The fourth-order valence-electron chi connectivity index (χ4n) is 14.8. The summed E-state index contributed by atoms with van der Waals surface area (Å²) in [5.74, 6) is 1.36. The largest absolute Gasteiger partial charge is 0.309 e. The van der Waals surface area contributed by atoms with Gasteiger partial charge in [0.1, 0.15) is 5.82 Å². The Morgan fingerprint density at radius 1 is 0.236 bits per heavy atom. The van der Waals surface area contributed by atoms with Crippen molar-refractivity contribution < 1.29 is 0 Å². The number of aromatic nitrogens is 5. The summed E-state index contributed by atoms with van der Waals surface area (Å²) in [6.45, 7) is 0. The Bertz CT molecular complexity index is 5280. The van der Waals surface area contributed by atoms with Gasteiger partial charge in [0.05, 0.1) is 38.8 Å². The molecule has 0 N–H and O–H groups in total. The standard InChI is InChI=1S/C82H57N5Si2/c1-8-30-59(31-9-1)85-76-50-27-24-47-71(76)80-78(85)54-52-70-68-45-22-26-49-75(68)87(81(70)80)82-83-73(58-29-28-44-66(55-58)88(60-32-10-2-11-33-60,61-34-12-3-13-35-61)62-36-14-4-15-37-62)57-79(84-82)86-74-48-25-23-46-69(74)72-56-67(51-53-77(72)86)89(63-38-16-5-17-39-63,64-40-18-6-19-41-64)65-42-20-7-21-43-65/h1-57H. The molecule has 5 nitrogen and oxygen atoms in total. The second kappa shape index (κ2) is 21.3. The van der Waals surface area contributed by atoms with Gasteiger partial charge in [-0.1, -0.05) is 297 Å². The molecule has 4 heterocycles. The van der Waals surface area contributed by atoms with E-state index in [4.69, 9.17) is 9.97 Å². The lowest BCUT2D eigenvalue weighted by Crippen LogP contribution is -2.74. The third-order valence-electron chi connectivity index (χ3n) is 18.6. The van der Waals surface area contributed by atoms with Crippen LogP contribution < -0.4 is 41.5 Å². The maximum atomic E-state index is 5.95. The van der Waals surface area contributed by atoms with Crippen molar-refractivity contribution in [1.82, 2.24) is 23.7 Å². The van der Waals surface area contributed by atoms with Crippen molar-refractivity contribution in [2.45, 2.75) is 0 Å². The smallest absolute Gasteiger partial charge is 0.237 e. The molecule has 4 aromatic heterocycles. The third kappa shape index (κ3) is 8.13. The molecule has 0 amide bonds. The minimum absolute atomic E-state index is 0.585. The number of nitrogens with zero attached hydrogens (tertiary/aromatic N) is 5. The molecule has 17 rings (SSSR count). The van der Waals surface area contributed by atoms with Crippen LogP contribution in [0.5, 0.6) is 0 Å². The van der Waals surface area contributed by atoms with Crippen molar-refractivity contribution >= 4 is 123 Å². The second-order valence-corrected chi connectivity index (χ2v) is 30.8. The Morgan fingerprint density at radius 3 is 1.15 bits per heavy atom. The van der Waals surface area contributed by atoms with Crippen LogP contribution in [0.15, 0.2) is 346 Å². The van der Waals surface area contributed by atoms with Crippen LogP contribution in [0, 0.1) is 0 Å². The Kier molecular flexibility index (Phi) is 12.5. The molecule has 0 aliphatic carbocycles. The topological polar surface area (TPSA) is 40.6 Å². The molecule has 0 spiro atoms. The van der Waals surface area contributed by atoms with Gasteiger partial charge >= 0.3 is 0 Å². The minimum Gasteiger partial charge on any atom is -0.309 e. The number of hydrogen-bond acceptors (Lipinski definition) is 2. The van der Waals surface area contributed by atoms with Crippen molar-refractivity contribution in [2.24, 2.45) is 0 Å². The van der Waals surface area contributed by atoms with E-state index in [0.717, 1.165) is 88.2 Å². The average Bonchev–Trinajstić information content (AvgIpc) is 1.69. The Hall–Kier alpha value is -11.2. The highest BCUT2D eigenvalue weighted by atomic mass is 28.3. The first kappa shape index (κ1) is 52.1. The average molecular weight is 1170 g/mol. The molecule has 13 aromatic carbocycles. The van der Waals surface area contributed by atoms with Crippen LogP contribution in [-0.2, 0) is 0 Å². The predicted molar refractivity (Wildman–Crippen MR) is 378 cm³/mol. The van der Waals surface area contributed by atoms with Crippen LogP contribution in [0.4, 0.5) is 0 Å². The molecule has 17 aromatic rings. The van der Waals surface area contributed by atoms with Crippen molar-refractivity contribution in [3.8, 4) is 28.7 Å². The molecule has 0 aliphatic heterocycles. The summed E-state index contributed by atoms with van der Waals surface area (Å²) in [6.07, 6.45) is 0. The highest BCUT2D eigenvalue weighted by Gasteiger charge is 2.43. The van der Waals surface area contributed by atoms with Gasteiger partial charge < -0.3 is 4.57 Å². The molecular formula is C82H57N5Si2. The van der Waals surface area contributed by atoms with Crippen molar-refractivity contribution in [2.75, 3.05) is 0 Å². The molecule has 0 saturated heterocycles. The third-order valence-corrected chi connectivity index (χ3v) is 28.1. The number of para-hydroxylation sites is 4. The van der Waals surface area contributed by atoms with Crippen LogP contribution in [0.1, 0.15) is 0 Å². The molecule has 418 valence electrons. The zero-order valence-corrected chi connectivity index (χ0v) is 50.6.